The Balaban J connectivity index is 2.56. The molecule has 0 unspecified atom stereocenters. The molecule has 2 rings (SSSR count). The van der Waals surface area contributed by atoms with Crippen molar-refractivity contribution in [2.75, 3.05) is 5.32 Å². The van der Waals surface area contributed by atoms with Crippen molar-refractivity contribution in [2.24, 2.45) is 0 Å². The number of aromatic nitrogens is 1. The summed E-state index contributed by atoms with van der Waals surface area (Å²) in [5, 5.41) is 10.2. The molecule has 1 aliphatic rings. The fraction of sp³-hybridized carbons (Fsp3) is 0.250. The molecule has 4 heteroatoms. The first kappa shape index (κ1) is 7.09. The van der Waals surface area contributed by atoms with E-state index in [-0.39, 0.29) is 5.91 Å². The summed E-state index contributed by atoms with van der Waals surface area (Å²) in [6.07, 6.45) is 0.466. The number of pyridine rings is 1. The molecular formula is C8H9N3O. The Bertz CT molecular complexity index is 380. The number of amides is 1. The maximum atomic E-state index is 11.0. The average Bonchev–Trinajstić information content (AvgIpc) is 2.04. The van der Waals surface area contributed by atoms with Crippen LogP contribution in [0.1, 0.15) is 6.42 Å². The zero-order valence-electron chi connectivity index (χ0n) is 6.50. The third-order valence-corrected chi connectivity index (χ3v) is 1.92. The van der Waals surface area contributed by atoms with Crippen molar-refractivity contribution in [3.8, 4) is 0 Å². The number of carbonyl (C=O) groups excluding carboxylic acids is 1. The zero-order chi connectivity index (χ0) is 8.55. The second-order valence-electron chi connectivity index (χ2n) is 2.75. The maximum absolute atomic E-state index is 11.0. The molecule has 0 saturated carbocycles. The van der Waals surface area contributed by atoms with Gasteiger partial charge in [0.05, 0.1) is 0 Å². The highest BCUT2D eigenvalue weighted by Crippen LogP contribution is 2.09. The van der Waals surface area contributed by atoms with Crippen LogP contribution in [0.15, 0.2) is 18.2 Å². The zero-order valence-corrected chi connectivity index (χ0v) is 6.50. The van der Waals surface area contributed by atoms with Crippen LogP contribution < -0.4 is 10.8 Å². The molecule has 0 aromatic carbocycles. The first-order valence-corrected chi connectivity index (χ1v) is 3.82. The molecule has 2 N–H and O–H groups in total. The van der Waals surface area contributed by atoms with Crippen molar-refractivity contribution in [2.45, 2.75) is 13.0 Å². The molecule has 1 aliphatic heterocycles. The minimum Gasteiger partial charge on any atom is -0.312 e. The standard InChI is InChI=1S/C8H9N3O/c9-6-2-1-3-7-10-8(12)4-5-11(6)7/h1-3,9H,4-5H2,(H,10,12). The van der Waals surface area contributed by atoms with Gasteiger partial charge in [-0.25, -0.2) is 0 Å². The molecule has 4 nitrogen and oxygen atoms in total. The van der Waals surface area contributed by atoms with Gasteiger partial charge in [0.2, 0.25) is 5.91 Å². The van der Waals surface area contributed by atoms with Gasteiger partial charge in [0.25, 0.3) is 0 Å². The first-order valence-electron chi connectivity index (χ1n) is 3.82. The lowest BCUT2D eigenvalue weighted by molar-refractivity contribution is -0.116. The predicted octanol–water partition coefficient (Wildman–Crippen LogP) is 0.310. The summed E-state index contributed by atoms with van der Waals surface area (Å²) in [7, 11) is 0. The minimum absolute atomic E-state index is 0.0283. The van der Waals surface area contributed by atoms with E-state index in [0.717, 1.165) is 5.82 Å². The van der Waals surface area contributed by atoms with Crippen molar-refractivity contribution < 1.29 is 4.79 Å². The van der Waals surface area contributed by atoms with Gasteiger partial charge in [-0.05, 0) is 12.1 Å². The highest BCUT2D eigenvalue weighted by atomic mass is 16.1. The lowest BCUT2D eigenvalue weighted by Gasteiger charge is -2.18. The van der Waals surface area contributed by atoms with Crippen LogP contribution in [0.25, 0.3) is 0 Å². The Morgan fingerprint density at radius 1 is 1.50 bits per heavy atom. The molecule has 0 fully saturated rings. The van der Waals surface area contributed by atoms with Crippen LogP contribution in [0.3, 0.4) is 0 Å². The summed E-state index contributed by atoms with van der Waals surface area (Å²) in [4.78, 5) is 11.0. The molecule has 12 heavy (non-hydrogen) atoms. The van der Waals surface area contributed by atoms with E-state index in [0.29, 0.717) is 18.5 Å². The van der Waals surface area contributed by atoms with Crippen LogP contribution in [0.2, 0.25) is 0 Å². The minimum atomic E-state index is 0.0283. The van der Waals surface area contributed by atoms with E-state index < -0.39 is 0 Å². The number of nitrogens with zero attached hydrogens (tertiary/aromatic N) is 1. The monoisotopic (exact) mass is 163 g/mol. The van der Waals surface area contributed by atoms with Crippen molar-refractivity contribution in [1.29, 1.82) is 5.41 Å². The molecule has 2 heterocycles. The Hall–Kier alpha value is -1.58. The van der Waals surface area contributed by atoms with E-state index in [1.165, 1.54) is 0 Å². The molecule has 1 aromatic heterocycles. The Morgan fingerprint density at radius 3 is 3.17 bits per heavy atom. The van der Waals surface area contributed by atoms with E-state index in [1.807, 2.05) is 0 Å². The Kier molecular flexibility index (Phi) is 1.46. The topological polar surface area (TPSA) is 57.9 Å². The van der Waals surface area contributed by atoms with Crippen molar-refractivity contribution >= 4 is 11.7 Å². The number of rotatable bonds is 0. The van der Waals surface area contributed by atoms with Crippen molar-refractivity contribution in [3.63, 3.8) is 0 Å². The van der Waals surface area contributed by atoms with Gasteiger partial charge in [-0.15, -0.1) is 0 Å². The highest BCUT2D eigenvalue weighted by Gasteiger charge is 2.12. The van der Waals surface area contributed by atoms with Gasteiger partial charge in [-0.3, -0.25) is 10.2 Å². The summed E-state index contributed by atoms with van der Waals surface area (Å²) in [5.41, 5.74) is 0.438. The lowest BCUT2D eigenvalue weighted by atomic mass is 10.3. The number of hydrogen-bond acceptors (Lipinski definition) is 2. The van der Waals surface area contributed by atoms with Gasteiger partial charge in [-0.2, -0.15) is 0 Å². The fourth-order valence-corrected chi connectivity index (χ4v) is 1.31. The summed E-state index contributed by atoms with van der Waals surface area (Å²) in [5.74, 6) is 0.749. The van der Waals surface area contributed by atoms with Gasteiger partial charge in [-0.1, -0.05) is 6.07 Å². The summed E-state index contributed by atoms with van der Waals surface area (Å²) in [6, 6.07) is 5.27. The van der Waals surface area contributed by atoms with E-state index in [4.69, 9.17) is 5.41 Å². The van der Waals surface area contributed by atoms with Crippen LogP contribution in [0, 0.1) is 5.41 Å². The third-order valence-electron chi connectivity index (χ3n) is 1.92. The second-order valence-corrected chi connectivity index (χ2v) is 2.75. The molecule has 62 valence electrons. The largest absolute Gasteiger partial charge is 0.312 e. The Morgan fingerprint density at radius 2 is 2.33 bits per heavy atom. The van der Waals surface area contributed by atoms with Crippen molar-refractivity contribution in [3.05, 3.63) is 23.7 Å². The SMILES string of the molecule is N=c1cccc2n1CCC(=O)N2. The number of anilines is 1. The number of carbonyl (C=O) groups is 1. The van der Waals surface area contributed by atoms with Crippen LogP contribution in [-0.4, -0.2) is 10.5 Å². The summed E-state index contributed by atoms with van der Waals surface area (Å²) >= 11 is 0. The highest BCUT2D eigenvalue weighted by molar-refractivity contribution is 5.90. The van der Waals surface area contributed by atoms with E-state index >= 15 is 0 Å². The van der Waals surface area contributed by atoms with Gasteiger partial charge in [0, 0.05) is 13.0 Å². The molecular weight excluding hydrogens is 154 g/mol. The molecule has 0 radical (unpaired) electrons. The molecule has 1 amide bonds. The van der Waals surface area contributed by atoms with E-state index in [2.05, 4.69) is 5.32 Å². The quantitative estimate of drug-likeness (QED) is 0.568. The van der Waals surface area contributed by atoms with Crippen molar-refractivity contribution in [1.82, 2.24) is 4.57 Å². The fourth-order valence-electron chi connectivity index (χ4n) is 1.31. The molecule has 0 aliphatic carbocycles. The van der Waals surface area contributed by atoms with Crippen LogP contribution >= 0.6 is 0 Å². The lowest BCUT2D eigenvalue weighted by Crippen LogP contribution is -2.31. The number of hydrogen-bond donors (Lipinski definition) is 2. The van der Waals surface area contributed by atoms with Gasteiger partial charge >= 0.3 is 0 Å². The second kappa shape index (κ2) is 2.48. The average molecular weight is 163 g/mol. The van der Waals surface area contributed by atoms with Gasteiger partial charge in [0.15, 0.2) is 0 Å². The summed E-state index contributed by atoms with van der Waals surface area (Å²) < 4.78 is 1.78. The molecule has 0 spiro atoms. The van der Waals surface area contributed by atoms with Crippen LogP contribution in [0.4, 0.5) is 5.82 Å². The first-order chi connectivity index (χ1) is 5.77. The van der Waals surface area contributed by atoms with E-state index in [9.17, 15) is 4.79 Å². The van der Waals surface area contributed by atoms with Gasteiger partial charge in [0.1, 0.15) is 11.3 Å². The number of fused-ring (bicyclic) bond motifs is 1. The van der Waals surface area contributed by atoms with Crippen LogP contribution in [-0.2, 0) is 11.3 Å². The number of nitrogens with one attached hydrogen (secondary N) is 2. The molecule has 0 atom stereocenters. The molecule has 0 saturated heterocycles. The normalized spacial score (nSPS) is 15.2. The van der Waals surface area contributed by atoms with Crippen LogP contribution in [0.5, 0.6) is 0 Å². The molecule has 1 aromatic rings. The third kappa shape index (κ3) is 1.01. The van der Waals surface area contributed by atoms with Gasteiger partial charge < -0.3 is 9.88 Å². The Labute approximate surface area is 69.3 Å². The molecule has 0 bridgehead atoms. The maximum Gasteiger partial charge on any atom is 0.227 e. The predicted molar refractivity (Wildman–Crippen MR) is 43.5 cm³/mol. The summed E-state index contributed by atoms with van der Waals surface area (Å²) in [6.45, 7) is 0.612. The van der Waals surface area contributed by atoms with E-state index in [1.54, 1.807) is 22.8 Å². The smallest absolute Gasteiger partial charge is 0.227 e.